The minimum absolute atomic E-state index is 0.00448. The summed E-state index contributed by atoms with van der Waals surface area (Å²) in [6.45, 7) is 2.03. The van der Waals surface area contributed by atoms with Crippen molar-refractivity contribution < 1.29 is 14.3 Å². The second-order valence-electron chi connectivity index (χ2n) is 5.31. The topological polar surface area (TPSA) is 73.6 Å². The van der Waals surface area contributed by atoms with E-state index in [1.165, 1.54) is 0 Å². The van der Waals surface area contributed by atoms with Crippen molar-refractivity contribution in [1.82, 2.24) is 5.32 Å². The fraction of sp³-hybridized carbons (Fsp3) is 0.917. The average Bonchev–Trinajstić information content (AvgIpc) is 2.89. The molecule has 0 bridgehead atoms. The number of nitrogens with two attached hydrogens (primary N) is 1. The Labute approximate surface area is 101 Å². The minimum atomic E-state index is 0.00448. The van der Waals surface area contributed by atoms with Crippen LogP contribution in [0.2, 0.25) is 0 Å². The summed E-state index contributed by atoms with van der Waals surface area (Å²) in [7, 11) is 0. The lowest BCUT2D eigenvalue weighted by molar-refractivity contribution is -0.142. The smallest absolute Gasteiger partial charge is 0.225 e. The molecule has 0 aromatic carbocycles. The molecule has 2 aliphatic heterocycles. The maximum Gasteiger partial charge on any atom is 0.225 e. The highest BCUT2D eigenvalue weighted by Gasteiger charge is 2.51. The molecule has 5 atom stereocenters. The minimum Gasteiger partial charge on any atom is -0.381 e. The predicted molar refractivity (Wildman–Crippen MR) is 61.3 cm³/mol. The summed E-state index contributed by atoms with van der Waals surface area (Å²) in [4.78, 5) is 12.0. The van der Waals surface area contributed by atoms with Crippen LogP contribution in [0.25, 0.3) is 0 Å². The summed E-state index contributed by atoms with van der Waals surface area (Å²) in [5.41, 5.74) is 6.10. The molecule has 5 unspecified atom stereocenters. The zero-order chi connectivity index (χ0) is 11.8. The third kappa shape index (κ3) is 1.96. The van der Waals surface area contributed by atoms with Crippen LogP contribution in [-0.4, -0.2) is 43.9 Å². The van der Waals surface area contributed by atoms with Gasteiger partial charge in [0.15, 0.2) is 0 Å². The van der Waals surface area contributed by atoms with Crippen molar-refractivity contribution in [3.63, 3.8) is 0 Å². The molecule has 3 aliphatic rings. The molecule has 1 aliphatic carbocycles. The Morgan fingerprint density at radius 2 is 2.18 bits per heavy atom. The van der Waals surface area contributed by atoms with E-state index in [2.05, 4.69) is 5.32 Å². The molecule has 3 fully saturated rings. The third-order valence-corrected chi connectivity index (χ3v) is 4.29. The highest BCUT2D eigenvalue weighted by atomic mass is 16.5. The van der Waals surface area contributed by atoms with Gasteiger partial charge in [-0.2, -0.15) is 0 Å². The summed E-state index contributed by atoms with van der Waals surface area (Å²) in [6.07, 6.45) is 3.18. The van der Waals surface area contributed by atoms with Crippen LogP contribution in [0.4, 0.5) is 0 Å². The second kappa shape index (κ2) is 4.55. The molecule has 96 valence electrons. The highest BCUT2D eigenvalue weighted by molar-refractivity contribution is 5.79. The first-order valence-corrected chi connectivity index (χ1v) is 6.52. The first kappa shape index (κ1) is 11.4. The van der Waals surface area contributed by atoms with Crippen LogP contribution < -0.4 is 11.1 Å². The van der Waals surface area contributed by atoms with Crippen molar-refractivity contribution in [3.8, 4) is 0 Å². The molecule has 17 heavy (non-hydrogen) atoms. The summed E-state index contributed by atoms with van der Waals surface area (Å²) in [6, 6.07) is 0.0694. The van der Waals surface area contributed by atoms with Gasteiger partial charge >= 0.3 is 0 Å². The van der Waals surface area contributed by atoms with E-state index in [0.717, 1.165) is 25.9 Å². The highest BCUT2D eigenvalue weighted by Crippen LogP contribution is 2.37. The molecule has 3 N–H and O–H groups in total. The van der Waals surface area contributed by atoms with Crippen molar-refractivity contribution in [2.24, 2.45) is 17.6 Å². The van der Waals surface area contributed by atoms with Gasteiger partial charge in [0, 0.05) is 25.2 Å². The van der Waals surface area contributed by atoms with Crippen LogP contribution in [0.1, 0.15) is 19.3 Å². The van der Waals surface area contributed by atoms with Gasteiger partial charge in [-0.15, -0.1) is 0 Å². The lowest BCUT2D eigenvalue weighted by atomic mass is 9.68. The Kier molecular flexibility index (Phi) is 3.06. The second-order valence-corrected chi connectivity index (χ2v) is 5.31. The number of hydrogen-bond acceptors (Lipinski definition) is 4. The molecule has 2 heterocycles. The van der Waals surface area contributed by atoms with Crippen molar-refractivity contribution in [3.05, 3.63) is 0 Å². The monoisotopic (exact) mass is 240 g/mol. The van der Waals surface area contributed by atoms with Gasteiger partial charge in [0.25, 0.3) is 0 Å². The van der Waals surface area contributed by atoms with E-state index in [1.54, 1.807) is 0 Å². The van der Waals surface area contributed by atoms with Crippen LogP contribution in [0.3, 0.4) is 0 Å². The van der Waals surface area contributed by atoms with Crippen LogP contribution in [0, 0.1) is 11.8 Å². The molecule has 1 saturated carbocycles. The lowest BCUT2D eigenvalue weighted by Gasteiger charge is -2.52. The predicted octanol–water partition coefficient (Wildman–Crippen LogP) is -0.356. The van der Waals surface area contributed by atoms with Crippen LogP contribution in [-0.2, 0) is 14.3 Å². The Balaban J connectivity index is 1.56. The largest absolute Gasteiger partial charge is 0.381 e. The number of fused-ring (bicyclic) bond motifs is 1. The normalized spacial score (nSPS) is 44.9. The van der Waals surface area contributed by atoms with E-state index in [9.17, 15) is 4.79 Å². The maximum atomic E-state index is 12.0. The van der Waals surface area contributed by atoms with Crippen molar-refractivity contribution in [2.45, 2.75) is 37.5 Å². The zero-order valence-corrected chi connectivity index (χ0v) is 9.93. The molecule has 1 amide bonds. The number of nitrogens with one attached hydrogen (secondary N) is 1. The first-order chi connectivity index (χ1) is 8.27. The summed E-state index contributed by atoms with van der Waals surface area (Å²) in [5.74, 6) is 0.522. The summed E-state index contributed by atoms with van der Waals surface area (Å²) >= 11 is 0. The van der Waals surface area contributed by atoms with Crippen molar-refractivity contribution in [2.75, 3.05) is 19.8 Å². The molecule has 0 aromatic heterocycles. The van der Waals surface area contributed by atoms with E-state index in [-0.39, 0.29) is 30.0 Å². The van der Waals surface area contributed by atoms with Crippen LogP contribution in [0.15, 0.2) is 0 Å². The number of amides is 1. The number of ether oxygens (including phenoxy) is 2. The van der Waals surface area contributed by atoms with E-state index in [4.69, 9.17) is 15.2 Å². The molecular formula is C12H20N2O3. The Morgan fingerprint density at radius 3 is 2.94 bits per heavy atom. The standard InChI is InChI=1S/C12H20N2O3/c13-9-8-2-1-4-17-11(8)10(9)14-12(15)7-3-5-16-6-7/h7-11H,1-6,13H2,(H,14,15). The molecular weight excluding hydrogens is 220 g/mol. The van der Waals surface area contributed by atoms with Crippen LogP contribution >= 0.6 is 0 Å². The first-order valence-electron chi connectivity index (χ1n) is 6.52. The Hall–Kier alpha value is -0.650. The lowest BCUT2D eigenvalue weighted by Crippen LogP contribution is -2.72. The van der Waals surface area contributed by atoms with Gasteiger partial charge in [0.2, 0.25) is 5.91 Å². The molecule has 2 saturated heterocycles. The van der Waals surface area contributed by atoms with Gasteiger partial charge in [-0.25, -0.2) is 0 Å². The van der Waals surface area contributed by atoms with Gasteiger partial charge in [0.1, 0.15) is 0 Å². The number of carbonyl (C=O) groups is 1. The molecule has 0 spiro atoms. The van der Waals surface area contributed by atoms with Crippen LogP contribution in [0.5, 0.6) is 0 Å². The SMILES string of the molecule is NC1C2CCCOC2C1NC(=O)C1CCOC1. The average molecular weight is 240 g/mol. The van der Waals surface area contributed by atoms with Gasteiger partial charge < -0.3 is 20.5 Å². The van der Waals surface area contributed by atoms with Crippen molar-refractivity contribution in [1.29, 1.82) is 0 Å². The third-order valence-electron chi connectivity index (χ3n) is 4.29. The Morgan fingerprint density at radius 1 is 1.29 bits per heavy atom. The zero-order valence-electron chi connectivity index (χ0n) is 9.93. The molecule has 5 heteroatoms. The van der Waals surface area contributed by atoms with E-state index < -0.39 is 0 Å². The van der Waals surface area contributed by atoms with Gasteiger partial charge in [-0.1, -0.05) is 0 Å². The van der Waals surface area contributed by atoms with E-state index in [1.807, 2.05) is 0 Å². The van der Waals surface area contributed by atoms with Crippen molar-refractivity contribution >= 4 is 5.91 Å². The van der Waals surface area contributed by atoms with Gasteiger partial charge in [-0.3, -0.25) is 4.79 Å². The fourth-order valence-electron chi connectivity index (χ4n) is 3.15. The summed E-state index contributed by atoms with van der Waals surface area (Å²) < 4.78 is 10.9. The molecule has 5 nitrogen and oxygen atoms in total. The summed E-state index contributed by atoms with van der Waals surface area (Å²) in [5, 5.41) is 3.04. The molecule has 3 rings (SSSR count). The number of hydrogen-bond donors (Lipinski definition) is 2. The Bertz CT molecular complexity index is 304. The van der Waals surface area contributed by atoms with E-state index >= 15 is 0 Å². The van der Waals surface area contributed by atoms with Gasteiger partial charge in [-0.05, 0) is 19.3 Å². The quantitative estimate of drug-likeness (QED) is 0.691. The van der Waals surface area contributed by atoms with Gasteiger partial charge in [0.05, 0.1) is 24.7 Å². The molecule has 0 aromatic rings. The molecule has 0 radical (unpaired) electrons. The maximum absolute atomic E-state index is 12.0. The number of rotatable bonds is 2. The van der Waals surface area contributed by atoms with E-state index in [0.29, 0.717) is 19.1 Å². The number of carbonyl (C=O) groups excluding carboxylic acids is 1. The fourth-order valence-corrected chi connectivity index (χ4v) is 3.15.